The molecule has 0 saturated heterocycles. The molecule has 0 aromatic carbocycles. The van der Waals surface area contributed by atoms with Crippen molar-refractivity contribution in [2.24, 2.45) is 29.1 Å². The Morgan fingerprint density at radius 1 is 0.824 bits per heavy atom. The largest absolute Gasteiger partial charge is 0.0651 e. The lowest BCUT2D eigenvalue weighted by Gasteiger charge is -2.43. The van der Waals surface area contributed by atoms with E-state index in [4.69, 9.17) is 0 Å². The summed E-state index contributed by atoms with van der Waals surface area (Å²) in [5.41, 5.74) is 0.538. The van der Waals surface area contributed by atoms with Crippen molar-refractivity contribution in [3.8, 4) is 0 Å². The van der Waals surface area contributed by atoms with E-state index >= 15 is 0 Å². The van der Waals surface area contributed by atoms with E-state index in [1.807, 2.05) is 0 Å². The van der Waals surface area contributed by atoms with Crippen LogP contribution in [0.5, 0.6) is 0 Å². The Bertz CT molecular complexity index is 235. The van der Waals surface area contributed by atoms with Crippen molar-refractivity contribution in [2.75, 3.05) is 0 Å². The van der Waals surface area contributed by atoms with Crippen LogP contribution in [-0.4, -0.2) is 0 Å². The van der Waals surface area contributed by atoms with Gasteiger partial charge in [0.05, 0.1) is 0 Å². The van der Waals surface area contributed by atoms with Crippen LogP contribution in [0.15, 0.2) is 0 Å². The molecule has 0 radical (unpaired) electrons. The summed E-state index contributed by atoms with van der Waals surface area (Å²) in [4.78, 5) is 0. The minimum atomic E-state index is 0.538. The Balaban J connectivity index is 1.88. The van der Waals surface area contributed by atoms with Gasteiger partial charge in [0.1, 0.15) is 0 Å². The number of rotatable bonds is 2. The number of fused-ring (bicyclic) bond motifs is 1. The van der Waals surface area contributed by atoms with Gasteiger partial charge < -0.3 is 0 Å². The van der Waals surface area contributed by atoms with Gasteiger partial charge in [-0.1, -0.05) is 47.0 Å². The molecule has 0 bridgehead atoms. The van der Waals surface area contributed by atoms with Gasteiger partial charge in [0.15, 0.2) is 0 Å². The molecule has 0 aliphatic heterocycles. The quantitative estimate of drug-likeness (QED) is 0.580. The molecule has 2 rings (SSSR count). The first-order valence-electron chi connectivity index (χ1n) is 7.98. The molecule has 0 nitrogen and oxygen atoms in total. The summed E-state index contributed by atoms with van der Waals surface area (Å²) in [6, 6.07) is 0. The molecule has 0 aromatic heterocycles. The highest BCUT2D eigenvalue weighted by Gasteiger charge is 2.35. The summed E-state index contributed by atoms with van der Waals surface area (Å²) in [7, 11) is 0. The minimum Gasteiger partial charge on any atom is -0.0651 e. The molecule has 0 amide bonds. The molecule has 2 saturated carbocycles. The van der Waals surface area contributed by atoms with Crippen LogP contribution in [0.1, 0.15) is 79.1 Å². The molecule has 0 spiro atoms. The van der Waals surface area contributed by atoms with Crippen molar-refractivity contribution in [3.05, 3.63) is 0 Å². The molecule has 2 aliphatic rings. The van der Waals surface area contributed by atoms with Gasteiger partial charge in [-0.25, -0.2) is 0 Å². The molecule has 2 aliphatic carbocycles. The molecule has 0 heterocycles. The van der Waals surface area contributed by atoms with Crippen LogP contribution in [0.25, 0.3) is 0 Å². The zero-order chi connectivity index (χ0) is 12.5. The second-order valence-electron chi connectivity index (χ2n) is 8.05. The van der Waals surface area contributed by atoms with Crippen molar-refractivity contribution in [3.63, 3.8) is 0 Å². The lowest BCUT2D eigenvalue weighted by Crippen LogP contribution is -2.32. The zero-order valence-corrected chi connectivity index (χ0v) is 12.5. The maximum Gasteiger partial charge on any atom is -0.0380 e. The van der Waals surface area contributed by atoms with E-state index in [0.29, 0.717) is 5.41 Å². The fourth-order valence-electron chi connectivity index (χ4n) is 4.51. The summed E-state index contributed by atoms with van der Waals surface area (Å²) in [6.07, 6.45) is 12.1. The average Bonchev–Trinajstić information content (AvgIpc) is 2.26. The second kappa shape index (κ2) is 5.33. The third-order valence-corrected chi connectivity index (χ3v) is 5.31. The summed E-state index contributed by atoms with van der Waals surface area (Å²) >= 11 is 0. The maximum absolute atomic E-state index is 2.41. The SMILES string of the molecule is CCC1CCC2CCC(CC(C)(C)C)CC2C1. The molecule has 4 unspecified atom stereocenters. The third-order valence-electron chi connectivity index (χ3n) is 5.31. The lowest BCUT2D eigenvalue weighted by atomic mass is 9.62. The maximum atomic E-state index is 2.41. The summed E-state index contributed by atoms with van der Waals surface area (Å²) in [6.45, 7) is 9.62. The van der Waals surface area contributed by atoms with Crippen LogP contribution in [0.4, 0.5) is 0 Å². The van der Waals surface area contributed by atoms with Gasteiger partial charge in [-0.3, -0.25) is 0 Å². The highest BCUT2D eigenvalue weighted by Crippen LogP contribution is 2.47. The standard InChI is InChI=1S/C17H32/c1-5-13-6-8-15-9-7-14(11-16(15)10-13)12-17(2,3)4/h13-16H,5-12H2,1-4H3. The lowest BCUT2D eigenvalue weighted by molar-refractivity contribution is 0.0804. The molecule has 4 atom stereocenters. The van der Waals surface area contributed by atoms with Crippen LogP contribution in [0.3, 0.4) is 0 Å². The fourth-order valence-corrected chi connectivity index (χ4v) is 4.51. The van der Waals surface area contributed by atoms with E-state index in [9.17, 15) is 0 Å². The Hall–Kier alpha value is 0. The Kier molecular flexibility index (Phi) is 4.21. The number of hydrogen-bond acceptors (Lipinski definition) is 0. The summed E-state index contributed by atoms with van der Waals surface area (Å²) < 4.78 is 0. The Morgan fingerprint density at radius 2 is 1.41 bits per heavy atom. The topological polar surface area (TPSA) is 0 Å². The van der Waals surface area contributed by atoms with Crippen molar-refractivity contribution in [1.82, 2.24) is 0 Å². The predicted molar refractivity (Wildman–Crippen MR) is 76.0 cm³/mol. The van der Waals surface area contributed by atoms with E-state index in [1.165, 1.54) is 25.7 Å². The van der Waals surface area contributed by atoms with Crippen molar-refractivity contribution >= 4 is 0 Å². The van der Waals surface area contributed by atoms with Gasteiger partial charge in [-0.15, -0.1) is 0 Å². The normalized spacial score (nSPS) is 38.8. The highest BCUT2D eigenvalue weighted by molar-refractivity contribution is 4.87. The summed E-state index contributed by atoms with van der Waals surface area (Å²) in [5, 5.41) is 0. The van der Waals surface area contributed by atoms with Crippen molar-refractivity contribution in [2.45, 2.75) is 79.1 Å². The fraction of sp³-hybridized carbons (Fsp3) is 1.00. The molecule has 17 heavy (non-hydrogen) atoms. The Labute approximate surface area is 109 Å². The van der Waals surface area contributed by atoms with Gasteiger partial charge in [0.25, 0.3) is 0 Å². The molecule has 0 aromatic rings. The van der Waals surface area contributed by atoms with Crippen LogP contribution < -0.4 is 0 Å². The van der Waals surface area contributed by atoms with Crippen LogP contribution in [0, 0.1) is 29.1 Å². The summed E-state index contributed by atoms with van der Waals surface area (Å²) in [5.74, 6) is 4.29. The zero-order valence-electron chi connectivity index (χ0n) is 12.5. The average molecular weight is 236 g/mol. The highest BCUT2D eigenvalue weighted by atomic mass is 14.4. The Morgan fingerprint density at radius 3 is 2.00 bits per heavy atom. The van der Waals surface area contributed by atoms with Crippen molar-refractivity contribution in [1.29, 1.82) is 0 Å². The van der Waals surface area contributed by atoms with E-state index in [1.54, 1.807) is 25.7 Å². The van der Waals surface area contributed by atoms with Gasteiger partial charge in [0.2, 0.25) is 0 Å². The van der Waals surface area contributed by atoms with Gasteiger partial charge >= 0.3 is 0 Å². The molecule has 2 fully saturated rings. The van der Waals surface area contributed by atoms with Crippen molar-refractivity contribution < 1.29 is 0 Å². The first-order valence-corrected chi connectivity index (χ1v) is 7.98. The molecule has 0 N–H and O–H groups in total. The van der Waals surface area contributed by atoms with Gasteiger partial charge in [-0.05, 0) is 61.2 Å². The monoisotopic (exact) mass is 236 g/mol. The van der Waals surface area contributed by atoms with Gasteiger partial charge in [0, 0.05) is 0 Å². The predicted octanol–water partition coefficient (Wildman–Crippen LogP) is 5.67. The molecular formula is C17H32. The smallest absolute Gasteiger partial charge is 0.0380 e. The van der Waals surface area contributed by atoms with E-state index in [0.717, 1.165) is 23.7 Å². The number of hydrogen-bond donors (Lipinski definition) is 0. The van der Waals surface area contributed by atoms with Crippen LogP contribution in [0.2, 0.25) is 0 Å². The second-order valence-corrected chi connectivity index (χ2v) is 8.05. The van der Waals surface area contributed by atoms with Crippen LogP contribution in [-0.2, 0) is 0 Å². The first kappa shape index (κ1) is 13.4. The van der Waals surface area contributed by atoms with Gasteiger partial charge in [-0.2, -0.15) is 0 Å². The van der Waals surface area contributed by atoms with Crippen LogP contribution >= 0.6 is 0 Å². The molecule has 0 heteroatoms. The molecule has 100 valence electrons. The molecular weight excluding hydrogens is 204 g/mol. The third kappa shape index (κ3) is 3.73. The van der Waals surface area contributed by atoms with E-state index in [2.05, 4.69) is 27.7 Å². The minimum absolute atomic E-state index is 0.538. The first-order chi connectivity index (χ1) is 7.98. The van der Waals surface area contributed by atoms with E-state index < -0.39 is 0 Å². The van der Waals surface area contributed by atoms with E-state index in [-0.39, 0.29) is 0 Å².